The zero-order valence-corrected chi connectivity index (χ0v) is 25.1. The lowest BCUT2D eigenvalue weighted by Crippen LogP contribution is -2.53. The number of halogens is 2. The molecule has 1 aliphatic rings. The standard InChI is InChI=1S/C34H34Br2O2/c1-3-5-7-23-9-13-25(14-10-23)33(37)31-21-27(35)17-19-29(31)30-20-18-28(36)22-32(30)34(33,38)26-15-11-24(12-16-26)8-6-4-2/h9-22,37-38H,3-8H2,1-2H3. The van der Waals surface area contributed by atoms with E-state index in [9.17, 15) is 10.2 Å². The Hall–Kier alpha value is -2.24. The molecular weight excluding hydrogens is 600 g/mol. The van der Waals surface area contributed by atoms with Gasteiger partial charge in [0.25, 0.3) is 0 Å². The Balaban J connectivity index is 1.78. The molecule has 0 heterocycles. The molecule has 196 valence electrons. The molecule has 0 fully saturated rings. The minimum absolute atomic E-state index is 0.667. The Kier molecular flexibility index (Phi) is 7.98. The van der Waals surface area contributed by atoms with Gasteiger partial charge in [0, 0.05) is 20.1 Å². The maximum atomic E-state index is 13.0. The summed E-state index contributed by atoms with van der Waals surface area (Å²) in [5, 5.41) is 26.0. The first kappa shape index (κ1) is 27.3. The number of aryl methyl sites for hydroxylation is 2. The van der Waals surface area contributed by atoms with Crippen LogP contribution in [0.3, 0.4) is 0 Å². The van der Waals surface area contributed by atoms with Crippen LogP contribution in [0.15, 0.2) is 93.9 Å². The number of hydrogen-bond donors (Lipinski definition) is 2. The van der Waals surface area contributed by atoms with Crippen molar-refractivity contribution < 1.29 is 10.2 Å². The van der Waals surface area contributed by atoms with Crippen LogP contribution in [0.25, 0.3) is 11.1 Å². The molecule has 0 saturated carbocycles. The molecule has 2 N–H and O–H groups in total. The van der Waals surface area contributed by atoms with Crippen LogP contribution in [0, 0.1) is 0 Å². The first-order valence-corrected chi connectivity index (χ1v) is 15.2. The average molecular weight is 634 g/mol. The van der Waals surface area contributed by atoms with E-state index in [2.05, 4.69) is 70.0 Å². The van der Waals surface area contributed by atoms with Crippen molar-refractivity contribution in [3.8, 4) is 11.1 Å². The van der Waals surface area contributed by atoms with E-state index in [1.165, 1.54) is 11.1 Å². The second-order valence-corrected chi connectivity index (χ2v) is 12.2. The normalized spacial score (nSPS) is 20.2. The smallest absolute Gasteiger partial charge is 0.152 e. The lowest BCUT2D eigenvalue weighted by atomic mass is 9.60. The van der Waals surface area contributed by atoms with Crippen LogP contribution in [0.2, 0.25) is 0 Å². The summed E-state index contributed by atoms with van der Waals surface area (Å²) >= 11 is 7.27. The summed E-state index contributed by atoms with van der Waals surface area (Å²) in [5.74, 6) is 0. The summed E-state index contributed by atoms with van der Waals surface area (Å²) in [6, 6.07) is 28.2. The SMILES string of the molecule is CCCCc1ccc(C2(O)c3cc(Br)ccc3-c3ccc(Br)cc3C2(O)c2ccc(CCCC)cc2)cc1. The second-order valence-electron chi connectivity index (χ2n) is 10.4. The Bertz CT molecular complexity index is 1320. The average Bonchev–Trinajstić information content (AvgIpc) is 2.94. The molecule has 0 bridgehead atoms. The molecule has 2 nitrogen and oxygen atoms in total. The first-order chi connectivity index (χ1) is 18.3. The van der Waals surface area contributed by atoms with E-state index in [1.54, 1.807) is 0 Å². The van der Waals surface area contributed by atoms with Gasteiger partial charge in [-0.2, -0.15) is 0 Å². The zero-order chi connectivity index (χ0) is 26.9. The van der Waals surface area contributed by atoms with Gasteiger partial charge in [-0.3, -0.25) is 0 Å². The van der Waals surface area contributed by atoms with Gasteiger partial charge in [-0.05, 0) is 83.3 Å². The molecule has 0 aliphatic heterocycles. The predicted molar refractivity (Wildman–Crippen MR) is 163 cm³/mol. The van der Waals surface area contributed by atoms with Crippen LogP contribution in [0.5, 0.6) is 0 Å². The third-order valence-corrected chi connectivity index (χ3v) is 8.92. The van der Waals surface area contributed by atoms with E-state index in [1.807, 2.05) is 60.7 Å². The van der Waals surface area contributed by atoms with Crippen LogP contribution in [-0.2, 0) is 24.0 Å². The molecule has 4 aromatic rings. The van der Waals surface area contributed by atoms with Crippen molar-refractivity contribution in [2.24, 2.45) is 0 Å². The van der Waals surface area contributed by atoms with Crippen molar-refractivity contribution in [3.05, 3.63) is 127 Å². The zero-order valence-electron chi connectivity index (χ0n) is 22.0. The number of unbranched alkanes of at least 4 members (excludes halogenated alkanes) is 2. The van der Waals surface area contributed by atoms with Gasteiger partial charge in [-0.25, -0.2) is 0 Å². The van der Waals surface area contributed by atoms with Crippen molar-refractivity contribution in [2.45, 2.75) is 63.6 Å². The minimum atomic E-state index is -1.73. The summed E-state index contributed by atoms with van der Waals surface area (Å²) in [7, 11) is 0. The van der Waals surface area contributed by atoms with Crippen molar-refractivity contribution in [1.29, 1.82) is 0 Å². The fraction of sp³-hybridized carbons (Fsp3) is 0.294. The van der Waals surface area contributed by atoms with Gasteiger partial charge in [-0.1, -0.05) is 119 Å². The lowest BCUT2D eigenvalue weighted by molar-refractivity contribution is -0.114. The van der Waals surface area contributed by atoms with Crippen molar-refractivity contribution in [3.63, 3.8) is 0 Å². The molecule has 0 radical (unpaired) electrons. The van der Waals surface area contributed by atoms with Crippen LogP contribution in [0.1, 0.15) is 72.9 Å². The van der Waals surface area contributed by atoms with Gasteiger partial charge < -0.3 is 10.2 Å². The topological polar surface area (TPSA) is 40.5 Å². The van der Waals surface area contributed by atoms with Crippen molar-refractivity contribution in [1.82, 2.24) is 0 Å². The molecular formula is C34H34Br2O2. The predicted octanol–water partition coefficient (Wildman–Crippen LogP) is 9.05. The van der Waals surface area contributed by atoms with E-state index < -0.39 is 11.2 Å². The van der Waals surface area contributed by atoms with Gasteiger partial charge in [0.15, 0.2) is 11.2 Å². The van der Waals surface area contributed by atoms with E-state index in [-0.39, 0.29) is 0 Å². The fourth-order valence-corrected chi connectivity index (χ4v) is 6.53. The molecule has 0 aromatic heterocycles. The molecule has 4 aromatic carbocycles. The highest BCUT2D eigenvalue weighted by atomic mass is 79.9. The maximum absolute atomic E-state index is 13.0. The monoisotopic (exact) mass is 632 g/mol. The fourth-order valence-electron chi connectivity index (χ4n) is 5.81. The van der Waals surface area contributed by atoms with Crippen LogP contribution >= 0.6 is 31.9 Å². The number of hydrogen-bond acceptors (Lipinski definition) is 2. The minimum Gasteiger partial charge on any atom is -0.377 e. The number of benzene rings is 4. The Morgan fingerprint density at radius 1 is 0.553 bits per heavy atom. The molecule has 2 unspecified atom stereocenters. The van der Waals surface area contributed by atoms with E-state index >= 15 is 0 Å². The molecule has 4 heteroatoms. The van der Waals surface area contributed by atoms with Crippen LogP contribution in [-0.4, -0.2) is 10.2 Å². The Morgan fingerprint density at radius 2 is 0.921 bits per heavy atom. The quantitative estimate of drug-likeness (QED) is 0.203. The highest BCUT2D eigenvalue weighted by Gasteiger charge is 2.58. The number of aliphatic hydroxyl groups is 2. The highest BCUT2D eigenvalue weighted by Crippen LogP contribution is 2.58. The Morgan fingerprint density at radius 3 is 1.26 bits per heavy atom. The van der Waals surface area contributed by atoms with Gasteiger partial charge in [0.1, 0.15) is 0 Å². The molecule has 0 saturated heterocycles. The van der Waals surface area contributed by atoms with Gasteiger partial charge in [-0.15, -0.1) is 0 Å². The van der Waals surface area contributed by atoms with E-state index in [4.69, 9.17) is 0 Å². The summed E-state index contributed by atoms with van der Waals surface area (Å²) in [5.41, 5.74) is 3.53. The largest absolute Gasteiger partial charge is 0.377 e. The lowest BCUT2D eigenvalue weighted by Gasteiger charge is -2.49. The summed E-state index contributed by atoms with van der Waals surface area (Å²) < 4.78 is 1.71. The molecule has 0 amide bonds. The number of fused-ring (bicyclic) bond motifs is 3. The van der Waals surface area contributed by atoms with Crippen LogP contribution < -0.4 is 0 Å². The summed E-state index contributed by atoms with van der Waals surface area (Å²) in [6.45, 7) is 4.38. The molecule has 0 spiro atoms. The molecule has 38 heavy (non-hydrogen) atoms. The maximum Gasteiger partial charge on any atom is 0.152 e. The molecule has 2 atom stereocenters. The summed E-state index contributed by atoms with van der Waals surface area (Å²) in [4.78, 5) is 0. The van der Waals surface area contributed by atoms with Crippen molar-refractivity contribution in [2.75, 3.05) is 0 Å². The van der Waals surface area contributed by atoms with Gasteiger partial charge in [0.2, 0.25) is 0 Å². The third-order valence-electron chi connectivity index (χ3n) is 7.94. The van der Waals surface area contributed by atoms with Gasteiger partial charge in [0.05, 0.1) is 0 Å². The van der Waals surface area contributed by atoms with E-state index in [0.29, 0.717) is 22.3 Å². The van der Waals surface area contributed by atoms with E-state index in [0.717, 1.165) is 58.6 Å². The Labute approximate surface area is 243 Å². The third kappa shape index (κ3) is 4.60. The molecule has 5 rings (SSSR count). The summed E-state index contributed by atoms with van der Waals surface area (Å²) in [6.07, 6.45) is 6.50. The van der Waals surface area contributed by atoms with Crippen molar-refractivity contribution >= 4 is 31.9 Å². The van der Waals surface area contributed by atoms with Gasteiger partial charge >= 0.3 is 0 Å². The highest BCUT2D eigenvalue weighted by molar-refractivity contribution is 9.10. The molecule has 1 aliphatic carbocycles. The number of rotatable bonds is 8. The second kappa shape index (κ2) is 11.1. The van der Waals surface area contributed by atoms with Crippen LogP contribution in [0.4, 0.5) is 0 Å². The first-order valence-electron chi connectivity index (χ1n) is 13.6.